The van der Waals surface area contributed by atoms with Crippen LogP contribution in [0.2, 0.25) is 0 Å². The van der Waals surface area contributed by atoms with E-state index in [1.54, 1.807) is 0 Å². The quantitative estimate of drug-likeness (QED) is 0.675. The summed E-state index contributed by atoms with van der Waals surface area (Å²) < 4.78 is 0. The van der Waals surface area contributed by atoms with E-state index in [-0.39, 0.29) is 29.1 Å². The smallest absolute Gasteiger partial charge is 0.312 e. The van der Waals surface area contributed by atoms with Gasteiger partial charge in [0.25, 0.3) is 0 Å². The number of nitrogens with two attached hydrogens (primary N) is 1. The fraction of sp³-hybridized carbons (Fsp3) is 0.818. The largest absolute Gasteiger partial charge is 0.352 e. The van der Waals surface area contributed by atoms with Gasteiger partial charge in [0.2, 0.25) is 0 Å². The van der Waals surface area contributed by atoms with E-state index >= 15 is 0 Å². The molecule has 84 valence electrons. The average molecular weight is 210 g/mol. The first-order chi connectivity index (χ1) is 6.85. The molecule has 3 saturated carbocycles. The lowest BCUT2D eigenvalue weighted by molar-refractivity contribution is -0.161. The summed E-state index contributed by atoms with van der Waals surface area (Å²) in [5, 5.41) is 2.57. The number of nitrogens with one attached hydrogen (secondary N) is 1. The van der Waals surface area contributed by atoms with Crippen molar-refractivity contribution in [3.05, 3.63) is 0 Å². The van der Waals surface area contributed by atoms with Crippen LogP contribution in [0.4, 0.5) is 4.79 Å². The topological polar surface area (TPSA) is 72.2 Å². The van der Waals surface area contributed by atoms with Crippen molar-refractivity contribution in [1.29, 1.82) is 0 Å². The maximum Gasteiger partial charge on any atom is 0.312 e. The number of ketones is 1. The molecule has 3 rings (SSSR count). The maximum atomic E-state index is 12.1. The van der Waals surface area contributed by atoms with Crippen LogP contribution in [-0.4, -0.2) is 17.9 Å². The molecule has 4 heteroatoms. The molecule has 4 nitrogen and oxygen atoms in total. The lowest BCUT2D eigenvalue weighted by atomic mass is 9.44. The number of fused-ring (bicyclic) bond motifs is 2. The zero-order valence-electron chi connectivity index (χ0n) is 9.41. The lowest BCUT2D eigenvalue weighted by Crippen LogP contribution is -2.66. The van der Waals surface area contributed by atoms with E-state index in [0.717, 1.165) is 6.42 Å². The Labute approximate surface area is 89.6 Å². The van der Waals surface area contributed by atoms with Gasteiger partial charge in [-0.15, -0.1) is 0 Å². The standard InChI is InChI=1S/C11H18N2O2/c1-5-6-4-7(11(6,2)3)9(14)8(5)13-10(12)15/h5-8H,4H2,1-3H3,(H3,12,13,15)/t5-,6-,7+,8-/m0/s1. The van der Waals surface area contributed by atoms with Gasteiger partial charge in [0.1, 0.15) is 0 Å². The molecule has 3 aliphatic carbocycles. The van der Waals surface area contributed by atoms with Crippen molar-refractivity contribution in [3.8, 4) is 0 Å². The summed E-state index contributed by atoms with van der Waals surface area (Å²) in [5.74, 6) is 0.992. The van der Waals surface area contributed by atoms with Crippen LogP contribution in [-0.2, 0) is 4.79 Å². The first-order valence-corrected chi connectivity index (χ1v) is 5.45. The number of Topliss-reactive ketones (excluding diaryl/α,β-unsaturated/α-hetero) is 1. The second kappa shape index (κ2) is 2.97. The SMILES string of the molecule is C[C@@H]1[C@H](NC(N)=O)C(=O)[C@H]2C[C@@H]1C2(C)C. The molecule has 0 saturated heterocycles. The molecule has 0 heterocycles. The van der Waals surface area contributed by atoms with Crippen LogP contribution >= 0.6 is 0 Å². The minimum absolute atomic E-state index is 0.103. The van der Waals surface area contributed by atoms with Crippen LogP contribution in [0.3, 0.4) is 0 Å². The Morgan fingerprint density at radius 3 is 2.53 bits per heavy atom. The predicted molar refractivity (Wildman–Crippen MR) is 56.1 cm³/mol. The van der Waals surface area contributed by atoms with Gasteiger partial charge in [0.05, 0.1) is 6.04 Å². The van der Waals surface area contributed by atoms with Gasteiger partial charge in [-0.25, -0.2) is 4.79 Å². The number of amides is 2. The molecule has 4 atom stereocenters. The highest BCUT2D eigenvalue weighted by atomic mass is 16.2. The molecular weight excluding hydrogens is 192 g/mol. The van der Waals surface area contributed by atoms with E-state index in [1.165, 1.54) is 0 Å². The van der Waals surface area contributed by atoms with Gasteiger partial charge in [0, 0.05) is 5.92 Å². The van der Waals surface area contributed by atoms with Crippen LogP contribution < -0.4 is 11.1 Å². The van der Waals surface area contributed by atoms with Gasteiger partial charge in [-0.3, -0.25) is 4.79 Å². The molecular formula is C11H18N2O2. The second-order valence-corrected chi connectivity index (χ2v) is 5.46. The number of carbonyl (C=O) groups excluding carboxylic acids is 2. The van der Waals surface area contributed by atoms with Gasteiger partial charge in [0.15, 0.2) is 5.78 Å². The Morgan fingerprint density at radius 1 is 1.53 bits per heavy atom. The van der Waals surface area contributed by atoms with Crippen LogP contribution in [0, 0.1) is 23.2 Å². The van der Waals surface area contributed by atoms with Crippen molar-refractivity contribution in [3.63, 3.8) is 0 Å². The monoisotopic (exact) mass is 210 g/mol. The van der Waals surface area contributed by atoms with E-state index in [9.17, 15) is 9.59 Å². The minimum Gasteiger partial charge on any atom is -0.352 e. The number of primary amides is 1. The van der Waals surface area contributed by atoms with Crippen molar-refractivity contribution in [2.24, 2.45) is 28.9 Å². The van der Waals surface area contributed by atoms with E-state index in [2.05, 4.69) is 19.2 Å². The van der Waals surface area contributed by atoms with Gasteiger partial charge < -0.3 is 11.1 Å². The Balaban J connectivity index is 2.19. The Kier molecular flexibility index (Phi) is 2.07. The third-order valence-electron chi connectivity index (χ3n) is 4.45. The molecule has 15 heavy (non-hydrogen) atoms. The van der Waals surface area contributed by atoms with Crippen LogP contribution in [0.25, 0.3) is 0 Å². The summed E-state index contributed by atoms with van der Waals surface area (Å²) in [6.45, 7) is 6.31. The van der Waals surface area contributed by atoms with Crippen molar-refractivity contribution in [2.45, 2.75) is 33.2 Å². The zero-order valence-corrected chi connectivity index (χ0v) is 9.41. The van der Waals surface area contributed by atoms with Crippen LogP contribution in [0.15, 0.2) is 0 Å². The summed E-state index contributed by atoms with van der Waals surface area (Å²) >= 11 is 0. The highest BCUT2D eigenvalue weighted by Gasteiger charge is 2.61. The summed E-state index contributed by atoms with van der Waals surface area (Å²) in [7, 11) is 0. The van der Waals surface area contributed by atoms with E-state index in [1.807, 2.05) is 6.92 Å². The molecule has 2 amide bonds. The molecule has 0 aliphatic heterocycles. The molecule has 0 aromatic heterocycles. The first kappa shape index (κ1) is 10.5. The highest BCUT2D eigenvalue weighted by Crippen LogP contribution is 2.59. The van der Waals surface area contributed by atoms with Crippen molar-refractivity contribution >= 4 is 11.8 Å². The summed E-state index contributed by atoms with van der Waals surface area (Å²) in [4.78, 5) is 22.9. The molecule has 0 unspecified atom stereocenters. The van der Waals surface area contributed by atoms with E-state index in [4.69, 9.17) is 5.73 Å². The number of urea groups is 1. The molecule has 2 bridgehead atoms. The summed E-state index contributed by atoms with van der Waals surface area (Å²) in [6, 6.07) is -0.960. The fourth-order valence-electron chi connectivity index (χ4n) is 3.40. The summed E-state index contributed by atoms with van der Waals surface area (Å²) in [6.07, 6.45) is 0.976. The number of hydrogen-bond donors (Lipinski definition) is 2. The molecule has 3 N–H and O–H groups in total. The molecule has 0 radical (unpaired) electrons. The predicted octanol–water partition coefficient (Wildman–Crippen LogP) is 0.904. The Hall–Kier alpha value is -1.06. The molecule has 0 aromatic carbocycles. The Morgan fingerprint density at radius 2 is 2.13 bits per heavy atom. The molecule has 3 aliphatic rings. The molecule has 0 spiro atoms. The number of hydrogen-bond acceptors (Lipinski definition) is 2. The number of rotatable bonds is 1. The molecule has 0 aromatic rings. The normalized spacial score (nSPS) is 41.9. The van der Waals surface area contributed by atoms with Gasteiger partial charge in [-0.2, -0.15) is 0 Å². The Bertz CT molecular complexity index is 325. The van der Waals surface area contributed by atoms with Gasteiger partial charge in [-0.05, 0) is 23.7 Å². The van der Waals surface area contributed by atoms with Crippen LogP contribution in [0.1, 0.15) is 27.2 Å². The average Bonchev–Trinajstić information content (AvgIpc) is 2.09. The third-order valence-corrected chi connectivity index (χ3v) is 4.45. The van der Waals surface area contributed by atoms with Crippen molar-refractivity contribution < 1.29 is 9.59 Å². The lowest BCUT2D eigenvalue weighted by Gasteiger charge is -2.60. The van der Waals surface area contributed by atoms with Gasteiger partial charge >= 0.3 is 6.03 Å². The number of carbonyl (C=O) groups is 2. The van der Waals surface area contributed by atoms with Gasteiger partial charge in [-0.1, -0.05) is 20.8 Å². The fourth-order valence-corrected chi connectivity index (χ4v) is 3.40. The highest BCUT2D eigenvalue weighted by molar-refractivity contribution is 5.93. The molecule has 3 fully saturated rings. The maximum absolute atomic E-state index is 12.1. The van der Waals surface area contributed by atoms with E-state index < -0.39 is 6.03 Å². The zero-order chi connectivity index (χ0) is 11.4. The van der Waals surface area contributed by atoms with E-state index in [0.29, 0.717) is 5.92 Å². The third kappa shape index (κ3) is 1.27. The van der Waals surface area contributed by atoms with Crippen LogP contribution in [0.5, 0.6) is 0 Å². The van der Waals surface area contributed by atoms with Crippen molar-refractivity contribution in [1.82, 2.24) is 5.32 Å². The second-order valence-electron chi connectivity index (χ2n) is 5.46. The van der Waals surface area contributed by atoms with Crippen molar-refractivity contribution in [2.75, 3.05) is 0 Å². The summed E-state index contributed by atoms with van der Waals surface area (Å²) in [5.41, 5.74) is 5.18. The minimum atomic E-state index is -0.598. The first-order valence-electron chi connectivity index (χ1n) is 5.45.